The van der Waals surface area contributed by atoms with Gasteiger partial charge in [0.1, 0.15) is 17.3 Å². The Labute approximate surface area is 90.5 Å². The molecule has 88 valence electrons. The van der Waals surface area contributed by atoms with Crippen LogP contribution in [0.3, 0.4) is 0 Å². The van der Waals surface area contributed by atoms with Gasteiger partial charge >= 0.3 is 5.97 Å². The van der Waals surface area contributed by atoms with Crippen LogP contribution in [0.1, 0.15) is 6.92 Å². The average Bonchev–Trinajstić information content (AvgIpc) is 2.16. The summed E-state index contributed by atoms with van der Waals surface area (Å²) in [7, 11) is 0. The number of anilines is 1. The van der Waals surface area contributed by atoms with Crippen molar-refractivity contribution in [3.05, 3.63) is 29.8 Å². The number of rotatable bonds is 4. The highest BCUT2D eigenvalue weighted by Crippen LogP contribution is 2.18. The van der Waals surface area contributed by atoms with Crippen LogP contribution in [0.25, 0.3) is 0 Å². The Morgan fingerprint density at radius 3 is 2.38 bits per heavy atom. The van der Waals surface area contributed by atoms with Crippen LogP contribution in [0.15, 0.2) is 18.2 Å². The van der Waals surface area contributed by atoms with Crippen molar-refractivity contribution < 1.29 is 23.8 Å². The van der Waals surface area contributed by atoms with Crippen LogP contribution in [0, 0.1) is 11.6 Å². The summed E-state index contributed by atoms with van der Waals surface area (Å²) in [6.07, 6.45) is 0. The quantitative estimate of drug-likeness (QED) is 0.728. The molecule has 0 aliphatic rings. The van der Waals surface area contributed by atoms with Crippen LogP contribution >= 0.6 is 0 Å². The second-order valence-corrected chi connectivity index (χ2v) is 3.53. The van der Waals surface area contributed by atoms with Crippen LogP contribution < -0.4 is 5.32 Å². The summed E-state index contributed by atoms with van der Waals surface area (Å²) >= 11 is 0. The number of carboxylic acid groups (broad SMARTS) is 1. The number of halogens is 2. The van der Waals surface area contributed by atoms with Crippen molar-refractivity contribution in [2.45, 2.75) is 12.5 Å². The lowest BCUT2D eigenvalue weighted by molar-refractivity contribution is -0.155. The molecule has 0 fully saturated rings. The van der Waals surface area contributed by atoms with Gasteiger partial charge < -0.3 is 15.5 Å². The molecule has 0 aliphatic heterocycles. The first kappa shape index (κ1) is 12.4. The third-order valence-electron chi connectivity index (χ3n) is 2.03. The molecule has 3 N–H and O–H groups in total. The molecule has 0 spiro atoms. The zero-order chi connectivity index (χ0) is 12.3. The van der Waals surface area contributed by atoms with Crippen LogP contribution in [0.4, 0.5) is 14.5 Å². The normalized spacial score (nSPS) is 14.2. The number of hydrogen-bond donors (Lipinski definition) is 3. The maximum absolute atomic E-state index is 13.1. The lowest BCUT2D eigenvalue weighted by Crippen LogP contribution is -2.42. The molecule has 0 radical (unpaired) electrons. The number of aliphatic hydroxyl groups is 1. The Bertz CT molecular complexity index is 387. The van der Waals surface area contributed by atoms with Crippen LogP contribution in [0.2, 0.25) is 0 Å². The molecule has 1 rings (SSSR count). The van der Waals surface area contributed by atoms with Crippen molar-refractivity contribution in [1.82, 2.24) is 0 Å². The molecule has 0 saturated heterocycles. The van der Waals surface area contributed by atoms with Gasteiger partial charge in [-0.3, -0.25) is 0 Å². The SMILES string of the molecule is CC(O)(CNc1c(F)cccc1F)C(=O)O. The van der Waals surface area contributed by atoms with E-state index in [-0.39, 0.29) is 0 Å². The summed E-state index contributed by atoms with van der Waals surface area (Å²) in [5.74, 6) is -3.17. The summed E-state index contributed by atoms with van der Waals surface area (Å²) in [5, 5.41) is 20.1. The Hall–Kier alpha value is -1.69. The second kappa shape index (κ2) is 4.44. The van der Waals surface area contributed by atoms with E-state index < -0.39 is 35.4 Å². The van der Waals surface area contributed by atoms with Crippen molar-refractivity contribution in [2.24, 2.45) is 0 Å². The van der Waals surface area contributed by atoms with E-state index in [1.54, 1.807) is 0 Å². The first-order valence-corrected chi connectivity index (χ1v) is 4.48. The first-order chi connectivity index (χ1) is 7.34. The Morgan fingerprint density at radius 2 is 1.94 bits per heavy atom. The molecule has 0 aromatic heterocycles. The molecular formula is C10H11F2NO3. The standard InChI is InChI=1S/C10H11F2NO3/c1-10(16,9(14)15)5-13-8-6(11)3-2-4-7(8)12/h2-4,13,16H,5H2,1H3,(H,14,15). The Morgan fingerprint density at radius 1 is 1.44 bits per heavy atom. The highest BCUT2D eigenvalue weighted by atomic mass is 19.1. The minimum Gasteiger partial charge on any atom is -0.479 e. The number of hydrogen-bond acceptors (Lipinski definition) is 3. The number of carboxylic acids is 1. The molecule has 1 aromatic carbocycles. The summed E-state index contributed by atoms with van der Waals surface area (Å²) < 4.78 is 26.2. The summed E-state index contributed by atoms with van der Waals surface area (Å²) in [6, 6.07) is 3.24. The van der Waals surface area contributed by atoms with E-state index in [0.29, 0.717) is 0 Å². The topological polar surface area (TPSA) is 69.6 Å². The van der Waals surface area contributed by atoms with E-state index in [0.717, 1.165) is 19.1 Å². The largest absolute Gasteiger partial charge is 0.479 e. The van der Waals surface area contributed by atoms with Gasteiger partial charge in [-0.25, -0.2) is 13.6 Å². The van der Waals surface area contributed by atoms with Crippen molar-refractivity contribution in [3.63, 3.8) is 0 Å². The van der Waals surface area contributed by atoms with Gasteiger partial charge in [0.15, 0.2) is 5.60 Å². The van der Waals surface area contributed by atoms with E-state index in [9.17, 15) is 18.7 Å². The monoisotopic (exact) mass is 231 g/mol. The highest BCUT2D eigenvalue weighted by molar-refractivity contribution is 5.77. The Kier molecular flexibility index (Phi) is 3.44. The molecule has 16 heavy (non-hydrogen) atoms. The van der Waals surface area contributed by atoms with E-state index in [1.807, 2.05) is 0 Å². The van der Waals surface area contributed by atoms with Gasteiger partial charge in [0.2, 0.25) is 0 Å². The molecular weight excluding hydrogens is 220 g/mol. The van der Waals surface area contributed by atoms with Gasteiger partial charge in [-0.1, -0.05) is 6.07 Å². The predicted molar refractivity (Wildman–Crippen MR) is 53.1 cm³/mol. The zero-order valence-electron chi connectivity index (χ0n) is 8.50. The van der Waals surface area contributed by atoms with E-state index in [2.05, 4.69) is 5.32 Å². The van der Waals surface area contributed by atoms with Gasteiger partial charge in [-0.15, -0.1) is 0 Å². The third kappa shape index (κ3) is 2.66. The average molecular weight is 231 g/mol. The zero-order valence-corrected chi connectivity index (χ0v) is 8.50. The summed E-state index contributed by atoms with van der Waals surface area (Å²) in [6.45, 7) is 0.529. The number of nitrogens with one attached hydrogen (secondary N) is 1. The molecule has 0 bridgehead atoms. The second-order valence-electron chi connectivity index (χ2n) is 3.53. The molecule has 1 aromatic rings. The van der Waals surface area contributed by atoms with Gasteiger partial charge in [0, 0.05) is 0 Å². The van der Waals surface area contributed by atoms with E-state index in [1.165, 1.54) is 6.07 Å². The molecule has 1 unspecified atom stereocenters. The maximum Gasteiger partial charge on any atom is 0.337 e. The van der Waals surface area contributed by atoms with Gasteiger partial charge in [-0.2, -0.15) is 0 Å². The van der Waals surface area contributed by atoms with Gasteiger partial charge in [-0.05, 0) is 19.1 Å². The smallest absolute Gasteiger partial charge is 0.337 e. The lowest BCUT2D eigenvalue weighted by atomic mass is 10.1. The van der Waals surface area contributed by atoms with Crippen molar-refractivity contribution in [1.29, 1.82) is 0 Å². The maximum atomic E-state index is 13.1. The molecule has 0 heterocycles. The number of aliphatic carboxylic acids is 1. The van der Waals surface area contributed by atoms with Gasteiger partial charge in [0.25, 0.3) is 0 Å². The van der Waals surface area contributed by atoms with E-state index in [4.69, 9.17) is 5.11 Å². The number of carbonyl (C=O) groups is 1. The minimum absolute atomic E-state index is 0.455. The van der Waals surface area contributed by atoms with Crippen molar-refractivity contribution in [3.8, 4) is 0 Å². The first-order valence-electron chi connectivity index (χ1n) is 4.48. The fraction of sp³-hybridized carbons (Fsp3) is 0.300. The van der Waals surface area contributed by atoms with Crippen LogP contribution in [-0.4, -0.2) is 28.3 Å². The predicted octanol–water partition coefficient (Wildman–Crippen LogP) is 1.21. The minimum atomic E-state index is -2.09. The van der Waals surface area contributed by atoms with Crippen molar-refractivity contribution >= 4 is 11.7 Å². The summed E-state index contributed by atoms with van der Waals surface area (Å²) in [5.41, 5.74) is -2.54. The Balaban J connectivity index is 2.79. The van der Waals surface area contributed by atoms with Crippen molar-refractivity contribution in [2.75, 3.05) is 11.9 Å². The molecule has 0 saturated carbocycles. The number of para-hydroxylation sites is 1. The molecule has 6 heteroatoms. The fourth-order valence-corrected chi connectivity index (χ4v) is 1.00. The van der Waals surface area contributed by atoms with Crippen LogP contribution in [0.5, 0.6) is 0 Å². The number of benzene rings is 1. The molecule has 0 amide bonds. The highest BCUT2D eigenvalue weighted by Gasteiger charge is 2.30. The molecule has 1 atom stereocenters. The summed E-state index contributed by atoms with van der Waals surface area (Å²) in [4.78, 5) is 10.5. The molecule has 0 aliphatic carbocycles. The fourth-order valence-electron chi connectivity index (χ4n) is 1.00. The third-order valence-corrected chi connectivity index (χ3v) is 2.03. The van der Waals surface area contributed by atoms with Crippen LogP contribution in [-0.2, 0) is 4.79 Å². The van der Waals surface area contributed by atoms with E-state index >= 15 is 0 Å². The van der Waals surface area contributed by atoms with Gasteiger partial charge in [0.05, 0.1) is 6.54 Å². The molecule has 4 nitrogen and oxygen atoms in total. The lowest BCUT2D eigenvalue weighted by Gasteiger charge is -2.19.